The molecular formula is C54H41BrCl3N10O8Y3-3. The quantitative estimate of drug-likeness (QED) is 0.0400. The third-order valence-electron chi connectivity index (χ3n) is 11.6. The average molecular weight is 1410 g/mol. The second-order valence-corrected chi connectivity index (χ2v) is 18.9. The number of hydrogen-bond donors (Lipinski definition) is 6. The molecule has 9 aromatic rings. The first-order valence-corrected chi connectivity index (χ1v) is 25.0. The number of morpholine rings is 1. The first-order valence-electron chi connectivity index (χ1n) is 23.0. The van der Waals surface area contributed by atoms with Gasteiger partial charge in [0.15, 0.2) is 0 Å². The van der Waals surface area contributed by atoms with Crippen LogP contribution in [0.25, 0.3) is 32.7 Å². The summed E-state index contributed by atoms with van der Waals surface area (Å²) in [6.07, 6.45) is 12.7. The molecule has 0 bridgehead atoms. The predicted octanol–water partition coefficient (Wildman–Crippen LogP) is 7.32. The summed E-state index contributed by atoms with van der Waals surface area (Å²) < 4.78 is 5.83. The zero-order valence-corrected chi connectivity index (χ0v) is 53.8. The fraction of sp³-hybridized carbons (Fsp3) is 0.148. The molecule has 0 atom stereocenters. The van der Waals surface area contributed by atoms with E-state index < -0.39 is 23.2 Å². The maximum atomic E-state index is 12.9. The van der Waals surface area contributed by atoms with E-state index in [2.05, 4.69) is 85.3 Å². The molecule has 10 rings (SSSR count). The maximum absolute atomic E-state index is 12.9. The van der Waals surface area contributed by atoms with Crippen LogP contribution in [-0.2, 0) is 129 Å². The molecular weight excluding hydrogens is 1370 g/mol. The van der Waals surface area contributed by atoms with Gasteiger partial charge >= 0.3 is 0 Å². The molecule has 1 aliphatic heterocycles. The number of hydrogen-bond acceptors (Lipinski definition) is 12. The molecule has 0 spiro atoms. The van der Waals surface area contributed by atoms with Crippen molar-refractivity contribution in [1.82, 2.24) is 50.8 Å². The van der Waals surface area contributed by atoms with Gasteiger partial charge in [0.2, 0.25) is 0 Å². The van der Waals surface area contributed by atoms with E-state index in [4.69, 9.17) is 39.5 Å². The fourth-order valence-electron chi connectivity index (χ4n) is 7.49. The predicted molar refractivity (Wildman–Crippen MR) is 291 cm³/mol. The van der Waals surface area contributed by atoms with Gasteiger partial charge in [-0.1, -0.05) is 112 Å². The van der Waals surface area contributed by atoms with Crippen LogP contribution in [0.1, 0.15) is 63.9 Å². The van der Waals surface area contributed by atoms with Gasteiger partial charge in [0.25, 0.3) is 17.7 Å². The van der Waals surface area contributed by atoms with E-state index in [1.54, 1.807) is 60.7 Å². The zero-order valence-electron chi connectivity index (χ0n) is 41.4. The van der Waals surface area contributed by atoms with Crippen molar-refractivity contribution in [3.63, 3.8) is 0 Å². The minimum absolute atomic E-state index is 0. The molecule has 18 nitrogen and oxygen atoms in total. The summed E-state index contributed by atoms with van der Waals surface area (Å²) in [5.74, 6) is -1.40. The molecule has 7 heterocycles. The Kier molecular flexibility index (Phi) is 26.1. The smallest absolute Gasteiger partial charge is 0.255 e. The average Bonchev–Trinajstić information content (AvgIpc) is 3.44. The third-order valence-corrected chi connectivity index (χ3v) is 12.7. The SMILES string of the molecule is O=C(NCc1ccc(Cl)cc1)c1c[nH]c2[c-]nc(Br)cc2c1=O.O=C(NCc1ccc(Cl)cc1)c1c[nH]c2[c-]nc(CN3CCOCC3)cc2c1=O.O=Cc1cc2c(=O)c(C(=O)NCc3ccc(Cl)cc3)c[nH]c2[c-]n1.[Y].[Y].[Y]. The number of amides is 3. The number of benzene rings is 3. The second kappa shape index (κ2) is 31.6. The molecule has 3 aromatic carbocycles. The van der Waals surface area contributed by atoms with Gasteiger partial charge in [-0.25, -0.2) is 0 Å². The molecule has 0 aliphatic carbocycles. The molecule has 1 saturated heterocycles. The van der Waals surface area contributed by atoms with Gasteiger partial charge in [-0.05, 0) is 86.5 Å². The number of pyridine rings is 6. The van der Waals surface area contributed by atoms with Gasteiger partial charge in [-0.2, -0.15) is 0 Å². The summed E-state index contributed by atoms with van der Waals surface area (Å²) in [7, 11) is 0. The van der Waals surface area contributed by atoms with Crippen molar-refractivity contribution < 1.29 is 122 Å². The van der Waals surface area contributed by atoms with E-state index >= 15 is 0 Å². The molecule has 3 amide bonds. The van der Waals surface area contributed by atoms with E-state index in [0.29, 0.717) is 86.1 Å². The summed E-state index contributed by atoms with van der Waals surface area (Å²) in [5, 5.41) is 11.0. The van der Waals surface area contributed by atoms with Gasteiger partial charge in [-0.15, -0.1) is 34.1 Å². The largest absolute Gasteiger partial charge is 0.387 e. The first-order chi connectivity index (χ1) is 36.7. The van der Waals surface area contributed by atoms with Crippen molar-refractivity contribution in [3.05, 3.63) is 223 Å². The minimum atomic E-state index is -0.516. The number of nitrogens with zero attached hydrogens (tertiary/aromatic N) is 4. The third kappa shape index (κ3) is 17.9. The molecule has 3 radical (unpaired) electrons. The zero-order chi connectivity index (χ0) is 53.7. The number of carbonyl (C=O) groups excluding carboxylic acids is 4. The normalized spacial score (nSPS) is 11.7. The number of H-pyrrole nitrogens is 3. The fourth-order valence-corrected chi connectivity index (χ4v) is 8.19. The molecule has 25 heteroatoms. The number of aromatic nitrogens is 6. The van der Waals surface area contributed by atoms with Crippen molar-refractivity contribution in [2.24, 2.45) is 0 Å². The molecule has 0 unspecified atom stereocenters. The van der Waals surface area contributed by atoms with Crippen LogP contribution in [0.2, 0.25) is 15.1 Å². The Morgan fingerprint density at radius 1 is 0.570 bits per heavy atom. The molecule has 79 heavy (non-hydrogen) atoms. The van der Waals surface area contributed by atoms with E-state index in [-0.39, 0.29) is 143 Å². The van der Waals surface area contributed by atoms with Crippen LogP contribution in [0, 0.1) is 18.6 Å². The number of rotatable bonds is 12. The molecule has 6 aromatic heterocycles. The summed E-state index contributed by atoms with van der Waals surface area (Å²) >= 11 is 20.7. The number of aromatic amines is 3. The Morgan fingerprint density at radius 3 is 1.34 bits per heavy atom. The Labute approximate surface area is 549 Å². The van der Waals surface area contributed by atoms with Crippen molar-refractivity contribution in [2.45, 2.75) is 26.2 Å². The Morgan fingerprint density at radius 2 is 0.937 bits per heavy atom. The van der Waals surface area contributed by atoms with Crippen molar-refractivity contribution >= 4 is 107 Å². The number of aldehydes is 1. The number of fused-ring (bicyclic) bond motifs is 3. The monoisotopic (exact) mass is 1410 g/mol. The van der Waals surface area contributed by atoms with Crippen LogP contribution < -0.4 is 32.2 Å². The van der Waals surface area contributed by atoms with Crippen LogP contribution in [0.5, 0.6) is 0 Å². The number of ether oxygens (including phenoxy) is 1. The van der Waals surface area contributed by atoms with Crippen molar-refractivity contribution in [3.8, 4) is 0 Å². The minimum Gasteiger partial charge on any atom is -0.387 e. The van der Waals surface area contributed by atoms with Crippen LogP contribution in [0.15, 0.2) is 129 Å². The number of halogens is 4. The summed E-state index contributed by atoms with van der Waals surface area (Å²) in [6.45, 7) is 4.51. The van der Waals surface area contributed by atoms with Gasteiger partial charge < -0.3 is 74.7 Å². The molecule has 1 aliphatic rings. The van der Waals surface area contributed by atoms with Crippen LogP contribution >= 0.6 is 50.7 Å². The topological polar surface area (TPSA) is 254 Å². The van der Waals surface area contributed by atoms with Gasteiger partial charge in [0.1, 0.15) is 22.6 Å². The van der Waals surface area contributed by atoms with E-state index in [1.165, 1.54) is 24.7 Å². The standard InChI is InChI=1S/C21H20ClN4O3.C17H11ClN3O3.C16H10BrClN3O2.3Y/c22-15-3-1-14(2-4-15)10-25-21(28)18-11-24-19-12-23-16(9-17(19)20(18)27)13-26-5-7-29-8-6-26;18-11-3-1-10(2-4-11)6-21-17(24)14-7-20-15-8-19-12(9-22)5-13(15)16(14)23;17-14-5-11-13(8-20-14)19-7-12(15(11)22)16(23)21-6-9-1-3-10(18)4-2-9;;;/h1-4,9,11H,5-8,10,13H2,(H,24,27)(H,25,28);1-5,7,9H,6H2,(H,20,23)(H,21,24);1-5,7H,6H2,(H,19,22)(H,21,23);;;/q3*-1;;;. The molecule has 6 N–H and O–H groups in total. The summed E-state index contributed by atoms with van der Waals surface area (Å²) in [6, 6.07) is 25.9. The molecule has 1 fully saturated rings. The van der Waals surface area contributed by atoms with Crippen LogP contribution in [0.3, 0.4) is 0 Å². The van der Waals surface area contributed by atoms with Crippen LogP contribution in [0.4, 0.5) is 0 Å². The van der Waals surface area contributed by atoms with Crippen molar-refractivity contribution in [2.75, 3.05) is 26.3 Å². The van der Waals surface area contributed by atoms with Gasteiger partial charge in [0, 0.05) is 165 Å². The van der Waals surface area contributed by atoms with E-state index in [1.807, 2.05) is 24.3 Å². The Hall–Kier alpha value is -4.60. The van der Waals surface area contributed by atoms with Crippen LogP contribution in [-0.4, -0.2) is 85.1 Å². The first kappa shape index (κ1) is 65.2. The second-order valence-electron chi connectivity index (χ2n) is 16.7. The summed E-state index contributed by atoms with van der Waals surface area (Å²) in [4.78, 5) is 108. The summed E-state index contributed by atoms with van der Waals surface area (Å²) in [5.41, 5.74) is 3.57. The van der Waals surface area contributed by atoms with E-state index in [9.17, 15) is 33.6 Å². The van der Waals surface area contributed by atoms with Gasteiger partial charge in [-0.3, -0.25) is 14.4 Å². The molecule has 0 saturated carbocycles. The van der Waals surface area contributed by atoms with Crippen molar-refractivity contribution in [1.29, 1.82) is 0 Å². The van der Waals surface area contributed by atoms with E-state index in [0.717, 1.165) is 35.5 Å². The Bertz CT molecular complexity index is 3800. The Balaban J connectivity index is 0.000000216. The number of carbonyl (C=O) groups is 4. The maximum Gasteiger partial charge on any atom is 0.255 e. The molecule has 395 valence electrons. The van der Waals surface area contributed by atoms with Gasteiger partial charge in [0.05, 0.1) is 29.9 Å². The number of nitrogens with one attached hydrogen (secondary N) is 6.